The van der Waals surface area contributed by atoms with E-state index in [2.05, 4.69) is 15.4 Å². The number of nitrogens with zero attached hydrogens (tertiary/aromatic N) is 4. The smallest absolute Gasteiger partial charge is 0.357 e. The highest BCUT2D eigenvalue weighted by Crippen LogP contribution is 2.30. The second kappa shape index (κ2) is 5.04. The van der Waals surface area contributed by atoms with Crippen molar-refractivity contribution >= 4 is 11.3 Å². The predicted molar refractivity (Wildman–Crippen MR) is 65.2 cm³/mol. The SMILES string of the molecule is CNCCN(C)c1nccn2nc(C(F)(F)F)cc12. The molecule has 2 heterocycles. The molecule has 2 rings (SSSR count). The molecule has 2 aromatic rings. The van der Waals surface area contributed by atoms with Gasteiger partial charge in [-0.2, -0.15) is 18.3 Å². The molecule has 0 bridgehead atoms. The summed E-state index contributed by atoms with van der Waals surface area (Å²) < 4.78 is 39.1. The molecule has 0 aliphatic rings. The van der Waals surface area contributed by atoms with E-state index in [0.29, 0.717) is 24.4 Å². The van der Waals surface area contributed by atoms with Gasteiger partial charge in [0.25, 0.3) is 0 Å². The molecule has 1 N–H and O–H groups in total. The zero-order valence-electron chi connectivity index (χ0n) is 10.6. The number of aromatic nitrogens is 3. The van der Waals surface area contributed by atoms with Gasteiger partial charge in [-0.15, -0.1) is 0 Å². The van der Waals surface area contributed by atoms with Crippen molar-refractivity contribution in [1.29, 1.82) is 0 Å². The quantitative estimate of drug-likeness (QED) is 0.914. The lowest BCUT2D eigenvalue weighted by Crippen LogP contribution is -2.28. The first-order chi connectivity index (χ1) is 8.93. The van der Waals surface area contributed by atoms with Crippen LogP contribution in [0.4, 0.5) is 19.0 Å². The van der Waals surface area contributed by atoms with Crippen LogP contribution in [0.2, 0.25) is 0 Å². The van der Waals surface area contributed by atoms with Gasteiger partial charge >= 0.3 is 6.18 Å². The summed E-state index contributed by atoms with van der Waals surface area (Å²) in [6.45, 7) is 1.34. The lowest BCUT2D eigenvalue weighted by atomic mass is 10.3. The summed E-state index contributed by atoms with van der Waals surface area (Å²) in [6.07, 6.45) is -1.61. The van der Waals surface area contributed by atoms with E-state index >= 15 is 0 Å². The monoisotopic (exact) mass is 273 g/mol. The largest absolute Gasteiger partial charge is 0.435 e. The molecule has 2 aromatic heterocycles. The highest BCUT2D eigenvalue weighted by molar-refractivity contribution is 5.69. The van der Waals surface area contributed by atoms with Crippen LogP contribution in [0.3, 0.4) is 0 Å². The number of nitrogens with one attached hydrogen (secondary N) is 1. The molecule has 0 aliphatic carbocycles. The molecule has 0 atom stereocenters. The zero-order valence-corrected chi connectivity index (χ0v) is 10.6. The fraction of sp³-hybridized carbons (Fsp3) is 0.455. The van der Waals surface area contributed by atoms with Gasteiger partial charge in [-0.25, -0.2) is 9.50 Å². The highest BCUT2D eigenvalue weighted by Gasteiger charge is 2.34. The zero-order chi connectivity index (χ0) is 14.0. The summed E-state index contributed by atoms with van der Waals surface area (Å²) in [6, 6.07) is 1.01. The molecule has 104 valence electrons. The summed E-state index contributed by atoms with van der Waals surface area (Å²) in [7, 11) is 3.59. The van der Waals surface area contributed by atoms with Gasteiger partial charge < -0.3 is 10.2 Å². The van der Waals surface area contributed by atoms with Gasteiger partial charge in [-0.1, -0.05) is 0 Å². The third-order valence-corrected chi connectivity index (χ3v) is 2.72. The Kier molecular flexibility index (Phi) is 3.61. The second-order valence-electron chi connectivity index (χ2n) is 4.13. The van der Waals surface area contributed by atoms with Crippen molar-refractivity contribution in [1.82, 2.24) is 19.9 Å². The Morgan fingerprint density at radius 2 is 2.16 bits per heavy atom. The molecule has 0 unspecified atom stereocenters. The van der Waals surface area contributed by atoms with E-state index in [1.54, 1.807) is 11.9 Å². The van der Waals surface area contributed by atoms with Crippen molar-refractivity contribution in [3.05, 3.63) is 24.2 Å². The number of hydrogen-bond acceptors (Lipinski definition) is 4. The van der Waals surface area contributed by atoms with Crippen LogP contribution in [0.25, 0.3) is 5.52 Å². The lowest BCUT2D eigenvalue weighted by molar-refractivity contribution is -0.141. The van der Waals surface area contributed by atoms with Crippen LogP contribution in [0.1, 0.15) is 5.69 Å². The number of halogens is 3. The number of anilines is 1. The van der Waals surface area contributed by atoms with Gasteiger partial charge in [-0.05, 0) is 7.05 Å². The van der Waals surface area contributed by atoms with Crippen molar-refractivity contribution in [2.45, 2.75) is 6.18 Å². The maximum absolute atomic E-state index is 12.6. The van der Waals surface area contributed by atoms with Crippen molar-refractivity contribution in [3.8, 4) is 0 Å². The van der Waals surface area contributed by atoms with Gasteiger partial charge in [-0.3, -0.25) is 0 Å². The van der Waals surface area contributed by atoms with E-state index < -0.39 is 11.9 Å². The Balaban J connectivity index is 2.42. The van der Waals surface area contributed by atoms with Gasteiger partial charge in [0.2, 0.25) is 0 Å². The van der Waals surface area contributed by atoms with Crippen LogP contribution < -0.4 is 10.2 Å². The standard InChI is InChI=1S/C11H14F3N5/c1-15-3-5-18(2)10-8-7-9(11(12,13)14)17-19(8)6-4-16-10/h4,6-7,15H,3,5H2,1-2H3. The minimum atomic E-state index is -4.45. The van der Waals surface area contributed by atoms with Crippen molar-refractivity contribution < 1.29 is 13.2 Å². The van der Waals surface area contributed by atoms with E-state index in [9.17, 15) is 13.2 Å². The molecular formula is C11H14F3N5. The molecule has 0 saturated carbocycles. The third-order valence-electron chi connectivity index (χ3n) is 2.72. The first-order valence-corrected chi connectivity index (χ1v) is 5.71. The molecule has 0 aromatic carbocycles. The molecule has 5 nitrogen and oxygen atoms in total. The molecule has 0 fully saturated rings. The Morgan fingerprint density at radius 1 is 1.42 bits per heavy atom. The van der Waals surface area contributed by atoms with Gasteiger partial charge in [0, 0.05) is 38.6 Å². The van der Waals surface area contributed by atoms with Crippen LogP contribution in [0.5, 0.6) is 0 Å². The van der Waals surface area contributed by atoms with Crippen molar-refractivity contribution in [2.24, 2.45) is 0 Å². The summed E-state index contributed by atoms with van der Waals surface area (Å²) >= 11 is 0. The molecule has 0 aliphatic heterocycles. The topological polar surface area (TPSA) is 45.5 Å². The fourth-order valence-corrected chi connectivity index (χ4v) is 1.73. The Hall–Kier alpha value is -1.83. The van der Waals surface area contributed by atoms with Crippen LogP contribution in [-0.4, -0.2) is 41.8 Å². The summed E-state index contributed by atoms with van der Waals surface area (Å²) in [5.41, 5.74) is -0.572. The summed E-state index contributed by atoms with van der Waals surface area (Å²) in [5, 5.41) is 6.49. The maximum atomic E-state index is 12.6. The normalized spacial score (nSPS) is 12.1. The minimum absolute atomic E-state index is 0.341. The number of fused-ring (bicyclic) bond motifs is 1. The molecule has 0 saturated heterocycles. The number of alkyl halides is 3. The third kappa shape index (κ3) is 2.78. The van der Waals surface area contributed by atoms with Crippen molar-refractivity contribution in [3.63, 3.8) is 0 Å². The summed E-state index contributed by atoms with van der Waals surface area (Å²) in [5.74, 6) is 0.473. The average molecular weight is 273 g/mol. The molecule has 0 amide bonds. The van der Waals surface area contributed by atoms with Gasteiger partial charge in [0.1, 0.15) is 5.52 Å². The Bertz CT molecular complexity index is 563. The van der Waals surface area contributed by atoms with Crippen LogP contribution in [-0.2, 0) is 6.18 Å². The van der Waals surface area contributed by atoms with E-state index in [0.717, 1.165) is 6.07 Å². The molecule has 19 heavy (non-hydrogen) atoms. The van der Waals surface area contributed by atoms with Crippen LogP contribution in [0, 0.1) is 0 Å². The number of hydrogen-bond donors (Lipinski definition) is 1. The van der Waals surface area contributed by atoms with Crippen molar-refractivity contribution in [2.75, 3.05) is 32.1 Å². The van der Waals surface area contributed by atoms with Gasteiger partial charge in [0.15, 0.2) is 11.5 Å². The summed E-state index contributed by atoms with van der Waals surface area (Å²) in [4.78, 5) is 5.91. The predicted octanol–water partition coefficient (Wildman–Crippen LogP) is 1.40. The minimum Gasteiger partial charge on any atom is -0.357 e. The van der Waals surface area contributed by atoms with E-state index in [-0.39, 0.29) is 0 Å². The molecular weight excluding hydrogens is 259 g/mol. The number of rotatable bonds is 4. The Labute approximate surface area is 108 Å². The number of likely N-dealkylation sites (N-methyl/N-ethyl adjacent to an activating group) is 2. The maximum Gasteiger partial charge on any atom is 0.435 e. The van der Waals surface area contributed by atoms with E-state index in [1.807, 2.05) is 7.05 Å². The van der Waals surface area contributed by atoms with Gasteiger partial charge in [0.05, 0.1) is 0 Å². The molecule has 0 spiro atoms. The fourth-order valence-electron chi connectivity index (χ4n) is 1.73. The van der Waals surface area contributed by atoms with E-state index in [4.69, 9.17) is 0 Å². The second-order valence-corrected chi connectivity index (χ2v) is 4.13. The van der Waals surface area contributed by atoms with E-state index in [1.165, 1.54) is 16.9 Å². The molecule has 8 heteroatoms. The lowest BCUT2D eigenvalue weighted by Gasteiger charge is -2.18. The Morgan fingerprint density at radius 3 is 2.79 bits per heavy atom. The first kappa shape index (κ1) is 13.6. The molecule has 0 radical (unpaired) electrons. The van der Waals surface area contributed by atoms with Crippen LogP contribution in [0.15, 0.2) is 18.5 Å². The average Bonchev–Trinajstić information content (AvgIpc) is 2.79. The van der Waals surface area contributed by atoms with Crippen LogP contribution >= 0.6 is 0 Å². The first-order valence-electron chi connectivity index (χ1n) is 5.71. The highest BCUT2D eigenvalue weighted by atomic mass is 19.4.